The summed E-state index contributed by atoms with van der Waals surface area (Å²) in [6, 6.07) is 8.18. The van der Waals surface area contributed by atoms with Crippen LogP contribution in [0.25, 0.3) is 0 Å². The number of rotatable bonds is 4. The van der Waals surface area contributed by atoms with Gasteiger partial charge in [-0.2, -0.15) is 0 Å². The Bertz CT molecular complexity index is 546. The number of benzene rings is 1. The minimum atomic E-state index is -0.0578. The summed E-state index contributed by atoms with van der Waals surface area (Å²) in [5.74, 6) is 0. The van der Waals surface area contributed by atoms with Crippen LogP contribution in [0.15, 0.2) is 34.9 Å². The summed E-state index contributed by atoms with van der Waals surface area (Å²) >= 11 is 3.40. The molecule has 0 aliphatic heterocycles. The van der Waals surface area contributed by atoms with Crippen molar-refractivity contribution in [1.82, 2.24) is 9.97 Å². The molecule has 1 N–H and O–H groups in total. The predicted octanol–water partition coefficient (Wildman–Crippen LogP) is 2.62. The number of aliphatic hydroxyl groups is 1. The van der Waals surface area contributed by atoms with Gasteiger partial charge in [-0.05, 0) is 24.6 Å². The fourth-order valence-electron chi connectivity index (χ4n) is 1.47. The van der Waals surface area contributed by atoms with E-state index in [1.807, 2.05) is 31.2 Å². The summed E-state index contributed by atoms with van der Waals surface area (Å²) in [5, 5.41) is 9.02. The monoisotopic (exact) mass is 308 g/mol. The molecule has 0 spiro atoms. The Kier molecular flexibility index (Phi) is 4.28. The van der Waals surface area contributed by atoms with Crippen molar-refractivity contribution in [2.75, 3.05) is 0 Å². The fourth-order valence-corrected chi connectivity index (χ4v) is 1.92. The lowest BCUT2D eigenvalue weighted by molar-refractivity contribution is 0.269. The Morgan fingerprint density at radius 2 is 2.22 bits per heavy atom. The molecule has 0 aliphatic rings. The van der Waals surface area contributed by atoms with Gasteiger partial charge in [0.25, 0.3) is 0 Å². The smallest absolute Gasteiger partial charge is 0.316 e. The van der Waals surface area contributed by atoms with E-state index in [1.54, 1.807) is 6.20 Å². The number of aromatic nitrogens is 2. The third-order valence-corrected chi connectivity index (χ3v) is 2.98. The van der Waals surface area contributed by atoms with Crippen molar-refractivity contribution in [3.8, 4) is 6.01 Å². The Hall–Kier alpha value is -1.46. The number of hydrogen-bond donors (Lipinski definition) is 1. The predicted molar refractivity (Wildman–Crippen MR) is 71.2 cm³/mol. The molecule has 0 amide bonds. The average molecular weight is 309 g/mol. The lowest BCUT2D eigenvalue weighted by atomic mass is 10.2. The SMILES string of the molecule is Cc1nc(OCc2cccc(Br)c2)ncc1CO. The standard InChI is InChI=1S/C13H13BrN2O2/c1-9-11(7-17)6-15-13(16-9)18-8-10-3-2-4-12(14)5-10/h2-6,17H,7-8H2,1H3. The minimum Gasteiger partial charge on any atom is -0.459 e. The van der Waals surface area contributed by atoms with Crippen LogP contribution in [0.3, 0.4) is 0 Å². The van der Waals surface area contributed by atoms with Crippen molar-refractivity contribution in [2.24, 2.45) is 0 Å². The highest BCUT2D eigenvalue weighted by molar-refractivity contribution is 9.10. The van der Waals surface area contributed by atoms with Crippen LogP contribution in [0.4, 0.5) is 0 Å². The molecule has 0 fully saturated rings. The average Bonchev–Trinajstić information content (AvgIpc) is 2.37. The maximum Gasteiger partial charge on any atom is 0.316 e. The van der Waals surface area contributed by atoms with E-state index in [-0.39, 0.29) is 6.61 Å². The molecule has 0 atom stereocenters. The van der Waals surface area contributed by atoms with Gasteiger partial charge in [-0.25, -0.2) is 9.97 Å². The lowest BCUT2D eigenvalue weighted by Gasteiger charge is -2.07. The van der Waals surface area contributed by atoms with Gasteiger partial charge in [0.2, 0.25) is 0 Å². The maximum atomic E-state index is 9.02. The highest BCUT2D eigenvalue weighted by atomic mass is 79.9. The summed E-state index contributed by atoms with van der Waals surface area (Å²) in [6.45, 7) is 2.17. The fraction of sp³-hybridized carbons (Fsp3) is 0.231. The lowest BCUT2D eigenvalue weighted by Crippen LogP contribution is -2.02. The Morgan fingerprint density at radius 1 is 1.39 bits per heavy atom. The Morgan fingerprint density at radius 3 is 2.89 bits per heavy atom. The van der Waals surface area contributed by atoms with Crippen LogP contribution in [0.1, 0.15) is 16.8 Å². The van der Waals surface area contributed by atoms with Crippen molar-refractivity contribution in [3.05, 3.63) is 51.8 Å². The summed E-state index contributed by atoms with van der Waals surface area (Å²) < 4.78 is 6.51. The minimum absolute atomic E-state index is 0.0578. The molecule has 1 aromatic heterocycles. The second-order valence-corrected chi connectivity index (χ2v) is 4.76. The largest absolute Gasteiger partial charge is 0.459 e. The van der Waals surface area contributed by atoms with E-state index in [2.05, 4.69) is 25.9 Å². The van der Waals surface area contributed by atoms with Crippen molar-refractivity contribution in [1.29, 1.82) is 0 Å². The maximum absolute atomic E-state index is 9.02. The summed E-state index contributed by atoms with van der Waals surface area (Å²) in [6.07, 6.45) is 1.58. The number of aliphatic hydroxyl groups excluding tert-OH is 1. The van der Waals surface area contributed by atoms with Gasteiger partial charge in [-0.3, -0.25) is 0 Å². The highest BCUT2D eigenvalue weighted by Gasteiger charge is 2.03. The van der Waals surface area contributed by atoms with E-state index >= 15 is 0 Å². The zero-order valence-corrected chi connectivity index (χ0v) is 11.5. The van der Waals surface area contributed by atoms with E-state index in [4.69, 9.17) is 9.84 Å². The number of ether oxygens (including phenoxy) is 1. The van der Waals surface area contributed by atoms with Crippen molar-refractivity contribution in [2.45, 2.75) is 20.1 Å². The molecule has 18 heavy (non-hydrogen) atoms. The molecule has 4 nitrogen and oxygen atoms in total. The highest BCUT2D eigenvalue weighted by Crippen LogP contribution is 2.14. The first-order valence-electron chi connectivity index (χ1n) is 5.49. The van der Waals surface area contributed by atoms with Gasteiger partial charge in [0.05, 0.1) is 12.3 Å². The molecular formula is C13H13BrN2O2. The van der Waals surface area contributed by atoms with Crippen molar-refractivity contribution in [3.63, 3.8) is 0 Å². The molecule has 0 radical (unpaired) electrons. The number of hydrogen-bond acceptors (Lipinski definition) is 4. The second-order valence-electron chi connectivity index (χ2n) is 3.84. The van der Waals surface area contributed by atoms with Crippen LogP contribution in [0, 0.1) is 6.92 Å². The molecule has 2 aromatic rings. The number of nitrogens with zero attached hydrogens (tertiary/aromatic N) is 2. The van der Waals surface area contributed by atoms with Gasteiger partial charge >= 0.3 is 6.01 Å². The topological polar surface area (TPSA) is 55.2 Å². The summed E-state index contributed by atoms with van der Waals surface area (Å²) in [7, 11) is 0. The normalized spacial score (nSPS) is 10.4. The molecule has 94 valence electrons. The van der Waals surface area contributed by atoms with Gasteiger partial charge < -0.3 is 9.84 Å². The molecule has 2 rings (SSSR count). The number of aryl methyl sites for hydroxylation is 1. The third kappa shape index (κ3) is 3.27. The van der Waals surface area contributed by atoms with Crippen molar-refractivity contribution >= 4 is 15.9 Å². The van der Waals surface area contributed by atoms with Crippen LogP contribution < -0.4 is 4.74 Å². The van der Waals surface area contributed by atoms with Gasteiger partial charge in [0.15, 0.2) is 0 Å². The molecule has 0 unspecified atom stereocenters. The van der Waals surface area contributed by atoms with Gasteiger partial charge in [0.1, 0.15) is 6.61 Å². The Balaban J connectivity index is 2.04. The summed E-state index contributed by atoms with van der Waals surface area (Å²) in [5.41, 5.74) is 2.48. The molecule has 0 saturated heterocycles. The zero-order chi connectivity index (χ0) is 13.0. The van der Waals surface area contributed by atoms with E-state index in [0.717, 1.165) is 15.7 Å². The first-order valence-corrected chi connectivity index (χ1v) is 6.29. The second kappa shape index (κ2) is 5.93. The summed E-state index contributed by atoms with van der Waals surface area (Å²) in [4.78, 5) is 8.22. The third-order valence-electron chi connectivity index (χ3n) is 2.49. The molecule has 1 heterocycles. The van der Waals surface area contributed by atoms with Gasteiger partial charge in [-0.15, -0.1) is 0 Å². The van der Waals surface area contributed by atoms with E-state index < -0.39 is 0 Å². The molecule has 0 aliphatic carbocycles. The van der Waals surface area contributed by atoms with Crippen LogP contribution >= 0.6 is 15.9 Å². The van der Waals surface area contributed by atoms with Gasteiger partial charge in [0, 0.05) is 16.2 Å². The number of halogens is 1. The molecular weight excluding hydrogens is 296 g/mol. The van der Waals surface area contributed by atoms with Crippen LogP contribution in [0.2, 0.25) is 0 Å². The quantitative estimate of drug-likeness (QED) is 0.943. The van der Waals surface area contributed by atoms with Crippen LogP contribution in [0.5, 0.6) is 6.01 Å². The molecule has 5 heteroatoms. The Labute approximate surface area is 114 Å². The van der Waals surface area contributed by atoms with E-state index in [1.165, 1.54) is 0 Å². The van der Waals surface area contributed by atoms with Gasteiger partial charge in [-0.1, -0.05) is 28.1 Å². The van der Waals surface area contributed by atoms with E-state index in [0.29, 0.717) is 18.2 Å². The van der Waals surface area contributed by atoms with E-state index in [9.17, 15) is 0 Å². The van der Waals surface area contributed by atoms with Crippen molar-refractivity contribution < 1.29 is 9.84 Å². The van der Waals surface area contributed by atoms with Crippen LogP contribution in [-0.2, 0) is 13.2 Å². The first-order chi connectivity index (χ1) is 8.69. The molecule has 1 aromatic carbocycles. The zero-order valence-electron chi connectivity index (χ0n) is 9.93. The molecule has 0 saturated carbocycles. The van der Waals surface area contributed by atoms with Crippen LogP contribution in [-0.4, -0.2) is 15.1 Å². The first kappa shape index (κ1) is 13.0. The molecule has 0 bridgehead atoms.